The Hall–Kier alpha value is -3.85. The van der Waals surface area contributed by atoms with Crippen molar-refractivity contribution >= 4 is 27.5 Å². The predicted octanol–water partition coefficient (Wildman–Crippen LogP) is 5.85. The molecule has 0 saturated heterocycles. The maximum Gasteiger partial charge on any atom is 0.264 e. The first-order valence-electron chi connectivity index (χ1n) is 15.2. The van der Waals surface area contributed by atoms with Crippen LogP contribution in [-0.4, -0.2) is 50.4 Å². The number of carbonyl (C=O) groups excluding carboxylic acids is 2. The SMILES string of the molecule is CCOc1ccccc1N(CC(=O)N(Cc1ccc(C)cc1)[C@@H](CC)C(=O)NC1CCCCC1)S(=O)(=O)c1ccccc1. The van der Waals surface area contributed by atoms with Gasteiger partial charge in [-0.05, 0) is 62.9 Å². The van der Waals surface area contributed by atoms with E-state index in [0.717, 1.165) is 47.5 Å². The van der Waals surface area contributed by atoms with E-state index in [9.17, 15) is 18.0 Å². The molecule has 9 heteroatoms. The zero-order valence-corrected chi connectivity index (χ0v) is 26.2. The zero-order chi connectivity index (χ0) is 30.8. The van der Waals surface area contributed by atoms with Crippen molar-refractivity contribution in [2.24, 2.45) is 0 Å². The molecule has 0 aromatic heterocycles. The van der Waals surface area contributed by atoms with Gasteiger partial charge in [0.15, 0.2) is 0 Å². The lowest BCUT2D eigenvalue weighted by molar-refractivity contribution is -0.140. The molecule has 230 valence electrons. The number of rotatable bonds is 13. The fourth-order valence-electron chi connectivity index (χ4n) is 5.53. The van der Waals surface area contributed by atoms with Crippen LogP contribution in [0.5, 0.6) is 5.75 Å². The van der Waals surface area contributed by atoms with Crippen LogP contribution in [0.2, 0.25) is 0 Å². The van der Waals surface area contributed by atoms with Crippen LogP contribution in [0.4, 0.5) is 5.69 Å². The van der Waals surface area contributed by atoms with Crippen molar-refractivity contribution in [3.05, 3.63) is 90.0 Å². The van der Waals surface area contributed by atoms with Gasteiger partial charge in [0.2, 0.25) is 11.8 Å². The highest BCUT2D eigenvalue weighted by Crippen LogP contribution is 2.33. The molecule has 0 bridgehead atoms. The molecule has 0 heterocycles. The minimum atomic E-state index is -4.17. The Morgan fingerprint density at radius 3 is 2.21 bits per heavy atom. The molecule has 3 aromatic carbocycles. The number of hydrogen-bond acceptors (Lipinski definition) is 5. The van der Waals surface area contributed by atoms with E-state index in [1.807, 2.05) is 45.0 Å². The van der Waals surface area contributed by atoms with E-state index in [1.165, 1.54) is 17.0 Å². The second-order valence-corrected chi connectivity index (χ2v) is 12.9. The fraction of sp³-hybridized carbons (Fsp3) is 0.412. The molecule has 2 amide bonds. The number of amides is 2. The van der Waals surface area contributed by atoms with Crippen LogP contribution in [0.1, 0.15) is 63.5 Å². The number of hydrogen-bond donors (Lipinski definition) is 1. The van der Waals surface area contributed by atoms with E-state index in [0.29, 0.717) is 18.8 Å². The lowest BCUT2D eigenvalue weighted by Crippen LogP contribution is -2.54. The van der Waals surface area contributed by atoms with Crippen molar-refractivity contribution in [2.75, 3.05) is 17.5 Å². The summed E-state index contributed by atoms with van der Waals surface area (Å²) >= 11 is 0. The van der Waals surface area contributed by atoms with Crippen LogP contribution in [0.25, 0.3) is 0 Å². The molecule has 1 aliphatic rings. The Labute approximate surface area is 256 Å². The van der Waals surface area contributed by atoms with Crippen LogP contribution in [0.3, 0.4) is 0 Å². The number of ether oxygens (including phenoxy) is 1. The van der Waals surface area contributed by atoms with E-state index in [2.05, 4.69) is 5.32 Å². The van der Waals surface area contributed by atoms with Crippen molar-refractivity contribution in [1.82, 2.24) is 10.2 Å². The standard InChI is InChI=1S/C34H43N3O5S/c1-4-30(34(39)35-28-14-8-6-9-15-28)36(24-27-22-20-26(3)21-23-27)33(38)25-37(31-18-12-13-19-32(31)42-5-2)43(40,41)29-16-10-7-11-17-29/h7,10-13,16-23,28,30H,4-6,8-9,14-15,24-25H2,1-3H3,(H,35,39)/t30-/m0/s1. The van der Waals surface area contributed by atoms with Crippen LogP contribution >= 0.6 is 0 Å². The maximum atomic E-state index is 14.3. The number of para-hydroxylation sites is 2. The van der Waals surface area contributed by atoms with Gasteiger partial charge in [-0.3, -0.25) is 13.9 Å². The van der Waals surface area contributed by atoms with Crippen molar-refractivity contribution in [3.63, 3.8) is 0 Å². The van der Waals surface area contributed by atoms with Gasteiger partial charge in [-0.25, -0.2) is 8.42 Å². The minimum absolute atomic E-state index is 0.0567. The molecule has 0 radical (unpaired) electrons. The lowest BCUT2D eigenvalue weighted by Gasteiger charge is -2.34. The molecule has 1 fully saturated rings. The Morgan fingerprint density at radius 2 is 1.56 bits per heavy atom. The van der Waals surface area contributed by atoms with Gasteiger partial charge in [-0.1, -0.05) is 86.3 Å². The highest BCUT2D eigenvalue weighted by Gasteiger charge is 2.35. The molecule has 0 aliphatic heterocycles. The fourth-order valence-corrected chi connectivity index (χ4v) is 6.97. The van der Waals surface area contributed by atoms with Gasteiger partial charge in [0.1, 0.15) is 18.3 Å². The molecule has 3 aromatic rings. The molecule has 1 saturated carbocycles. The molecule has 0 unspecified atom stereocenters. The molecule has 1 aliphatic carbocycles. The topological polar surface area (TPSA) is 96.0 Å². The molecular formula is C34H43N3O5S. The average molecular weight is 606 g/mol. The Kier molecular flexibility index (Phi) is 11.2. The van der Waals surface area contributed by atoms with Crippen LogP contribution < -0.4 is 14.4 Å². The summed E-state index contributed by atoms with van der Waals surface area (Å²) in [6, 6.07) is 22.0. The highest BCUT2D eigenvalue weighted by molar-refractivity contribution is 7.92. The third kappa shape index (κ3) is 8.16. The largest absolute Gasteiger partial charge is 0.492 e. The van der Waals surface area contributed by atoms with E-state index < -0.39 is 28.5 Å². The molecule has 1 atom stereocenters. The number of nitrogens with one attached hydrogen (secondary N) is 1. The number of carbonyl (C=O) groups is 2. The summed E-state index contributed by atoms with van der Waals surface area (Å²) in [6.45, 7) is 5.67. The number of anilines is 1. The van der Waals surface area contributed by atoms with Gasteiger partial charge in [-0.15, -0.1) is 0 Å². The molecular weight excluding hydrogens is 562 g/mol. The Balaban J connectivity index is 1.73. The van der Waals surface area contributed by atoms with Crippen molar-refractivity contribution in [3.8, 4) is 5.75 Å². The second kappa shape index (κ2) is 15.0. The summed E-state index contributed by atoms with van der Waals surface area (Å²) in [7, 11) is -4.17. The predicted molar refractivity (Wildman–Crippen MR) is 169 cm³/mol. The Morgan fingerprint density at radius 1 is 0.907 bits per heavy atom. The summed E-state index contributed by atoms with van der Waals surface area (Å²) in [6.07, 6.45) is 5.53. The van der Waals surface area contributed by atoms with Gasteiger partial charge in [-0.2, -0.15) is 0 Å². The highest BCUT2D eigenvalue weighted by atomic mass is 32.2. The first-order valence-corrected chi connectivity index (χ1v) is 16.6. The Bertz CT molecular complexity index is 1450. The van der Waals surface area contributed by atoms with Crippen molar-refractivity contribution in [2.45, 2.75) is 82.8 Å². The summed E-state index contributed by atoms with van der Waals surface area (Å²) in [5.74, 6) is -0.330. The quantitative estimate of drug-likeness (QED) is 0.264. The molecule has 4 rings (SSSR count). The normalized spacial score (nSPS) is 14.5. The summed E-state index contributed by atoms with van der Waals surface area (Å²) in [5, 5.41) is 3.18. The number of benzene rings is 3. The van der Waals surface area contributed by atoms with Crippen molar-refractivity contribution < 1.29 is 22.7 Å². The zero-order valence-electron chi connectivity index (χ0n) is 25.4. The summed E-state index contributed by atoms with van der Waals surface area (Å²) < 4.78 is 35.1. The van der Waals surface area contributed by atoms with E-state index in [4.69, 9.17) is 4.74 Å². The monoisotopic (exact) mass is 605 g/mol. The molecule has 43 heavy (non-hydrogen) atoms. The maximum absolute atomic E-state index is 14.3. The van der Waals surface area contributed by atoms with Gasteiger partial charge in [0.05, 0.1) is 17.2 Å². The van der Waals surface area contributed by atoms with Crippen molar-refractivity contribution in [1.29, 1.82) is 0 Å². The average Bonchev–Trinajstić information content (AvgIpc) is 3.02. The van der Waals surface area contributed by atoms with Crippen LogP contribution in [-0.2, 0) is 26.2 Å². The van der Waals surface area contributed by atoms with E-state index in [-0.39, 0.29) is 29.1 Å². The van der Waals surface area contributed by atoms with Gasteiger partial charge >= 0.3 is 0 Å². The number of sulfonamides is 1. The number of aryl methyl sites for hydroxylation is 1. The lowest BCUT2D eigenvalue weighted by atomic mass is 9.95. The van der Waals surface area contributed by atoms with E-state index >= 15 is 0 Å². The number of nitrogens with zero attached hydrogens (tertiary/aromatic N) is 2. The molecule has 8 nitrogen and oxygen atoms in total. The third-order valence-corrected chi connectivity index (χ3v) is 9.63. The summed E-state index contributed by atoms with van der Waals surface area (Å²) in [4.78, 5) is 29.6. The third-order valence-electron chi connectivity index (χ3n) is 7.85. The molecule has 0 spiro atoms. The van der Waals surface area contributed by atoms with Gasteiger partial charge < -0.3 is 15.0 Å². The molecule has 1 N–H and O–H groups in total. The van der Waals surface area contributed by atoms with Crippen LogP contribution in [0.15, 0.2) is 83.8 Å². The van der Waals surface area contributed by atoms with Crippen LogP contribution in [0, 0.1) is 6.92 Å². The van der Waals surface area contributed by atoms with E-state index in [1.54, 1.807) is 42.5 Å². The summed E-state index contributed by atoms with van der Waals surface area (Å²) in [5.41, 5.74) is 2.20. The van der Waals surface area contributed by atoms with Gasteiger partial charge in [0, 0.05) is 12.6 Å². The van der Waals surface area contributed by atoms with Gasteiger partial charge in [0.25, 0.3) is 10.0 Å². The smallest absolute Gasteiger partial charge is 0.264 e. The first kappa shape index (κ1) is 32.1. The second-order valence-electron chi connectivity index (χ2n) is 11.0. The minimum Gasteiger partial charge on any atom is -0.492 e. The first-order chi connectivity index (χ1) is 20.7.